The minimum atomic E-state index is -0.353. The summed E-state index contributed by atoms with van der Waals surface area (Å²) in [4.78, 5) is 10.6. The average Bonchev–Trinajstić information content (AvgIpc) is 2.57. The molecule has 1 heterocycles. The molecule has 0 aromatic heterocycles. The molecule has 1 aliphatic heterocycles. The molecule has 0 radical (unpaired) electrons. The van der Waals surface area contributed by atoms with Crippen LogP contribution in [0.15, 0.2) is 42.5 Å². The first-order valence-corrected chi connectivity index (χ1v) is 7.97. The van der Waals surface area contributed by atoms with Crippen molar-refractivity contribution >= 4 is 5.69 Å². The number of aryl methyl sites for hydroxylation is 2. The predicted molar refractivity (Wildman–Crippen MR) is 89.7 cm³/mol. The van der Waals surface area contributed by atoms with E-state index in [1.807, 2.05) is 6.07 Å². The molecular formula is C19H21NO3. The van der Waals surface area contributed by atoms with Gasteiger partial charge in [-0.05, 0) is 49.3 Å². The van der Waals surface area contributed by atoms with Gasteiger partial charge in [0, 0.05) is 18.7 Å². The van der Waals surface area contributed by atoms with Crippen molar-refractivity contribution in [3.63, 3.8) is 0 Å². The van der Waals surface area contributed by atoms with Crippen LogP contribution in [0, 0.1) is 24.0 Å². The van der Waals surface area contributed by atoms with Gasteiger partial charge < -0.3 is 4.74 Å². The summed E-state index contributed by atoms with van der Waals surface area (Å²) in [5.74, 6) is 0.438. The molecular weight excluding hydrogens is 290 g/mol. The van der Waals surface area contributed by atoms with E-state index in [0.29, 0.717) is 12.5 Å². The highest BCUT2D eigenvalue weighted by Crippen LogP contribution is 2.39. The molecule has 4 heteroatoms. The van der Waals surface area contributed by atoms with Gasteiger partial charge in [0.15, 0.2) is 0 Å². The molecule has 0 unspecified atom stereocenters. The topological polar surface area (TPSA) is 52.4 Å². The minimum absolute atomic E-state index is 0.0754. The predicted octanol–water partition coefficient (Wildman–Crippen LogP) is 4.85. The highest BCUT2D eigenvalue weighted by Gasteiger charge is 2.27. The van der Waals surface area contributed by atoms with Gasteiger partial charge in [0.25, 0.3) is 5.69 Å². The molecule has 3 rings (SSSR count). The lowest BCUT2D eigenvalue weighted by molar-refractivity contribution is -0.385. The maximum Gasteiger partial charge on any atom is 0.269 e. The number of benzene rings is 2. The SMILES string of the molecule is Cc1ccc(C)c([C@H]2CCO[C@@H](c3cccc([N+](=O)[O-])c3)C2)c1. The van der Waals surface area contributed by atoms with Crippen molar-refractivity contribution in [2.24, 2.45) is 0 Å². The van der Waals surface area contributed by atoms with E-state index in [0.717, 1.165) is 18.4 Å². The second kappa shape index (κ2) is 6.50. The zero-order valence-electron chi connectivity index (χ0n) is 13.5. The van der Waals surface area contributed by atoms with E-state index in [9.17, 15) is 10.1 Å². The summed E-state index contributed by atoms with van der Waals surface area (Å²) in [5.41, 5.74) is 4.97. The fourth-order valence-electron chi connectivity index (χ4n) is 3.35. The summed E-state index contributed by atoms with van der Waals surface area (Å²) in [6, 6.07) is 13.4. The monoisotopic (exact) mass is 311 g/mol. The summed E-state index contributed by atoms with van der Waals surface area (Å²) in [5, 5.41) is 11.0. The Balaban J connectivity index is 1.85. The normalized spacial score (nSPS) is 21.1. The smallest absolute Gasteiger partial charge is 0.269 e. The Morgan fingerprint density at radius 3 is 2.78 bits per heavy atom. The van der Waals surface area contributed by atoms with Crippen molar-refractivity contribution in [1.29, 1.82) is 0 Å². The van der Waals surface area contributed by atoms with E-state index in [-0.39, 0.29) is 16.7 Å². The number of nitrogens with zero attached hydrogens (tertiary/aromatic N) is 1. The molecule has 1 fully saturated rings. The Morgan fingerprint density at radius 1 is 1.17 bits per heavy atom. The van der Waals surface area contributed by atoms with E-state index < -0.39 is 0 Å². The second-order valence-corrected chi connectivity index (χ2v) is 6.29. The standard InChI is InChI=1S/C19H21NO3/c1-13-6-7-14(2)18(10-13)15-8-9-23-19(12-15)16-4-3-5-17(11-16)20(21)22/h3-7,10-11,15,19H,8-9,12H2,1-2H3/t15-,19+/m0/s1. The van der Waals surface area contributed by atoms with E-state index in [4.69, 9.17) is 4.74 Å². The van der Waals surface area contributed by atoms with Crippen LogP contribution in [0.25, 0.3) is 0 Å². The van der Waals surface area contributed by atoms with Crippen molar-refractivity contribution in [2.45, 2.75) is 38.7 Å². The van der Waals surface area contributed by atoms with E-state index in [1.54, 1.807) is 12.1 Å². The third kappa shape index (κ3) is 3.42. The number of ether oxygens (including phenoxy) is 1. The van der Waals surface area contributed by atoms with Crippen molar-refractivity contribution in [1.82, 2.24) is 0 Å². The Hall–Kier alpha value is -2.20. The maximum atomic E-state index is 11.0. The number of hydrogen-bond donors (Lipinski definition) is 0. The second-order valence-electron chi connectivity index (χ2n) is 6.29. The molecule has 0 spiro atoms. The molecule has 0 N–H and O–H groups in total. The van der Waals surface area contributed by atoms with Crippen LogP contribution >= 0.6 is 0 Å². The summed E-state index contributed by atoms with van der Waals surface area (Å²) >= 11 is 0. The summed E-state index contributed by atoms with van der Waals surface area (Å²) < 4.78 is 5.90. The number of nitro benzene ring substituents is 1. The molecule has 2 atom stereocenters. The van der Waals surface area contributed by atoms with Gasteiger partial charge >= 0.3 is 0 Å². The van der Waals surface area contributed by atoms with Crippen LogP contribution in [0.5, 0.6) is 0 Å². The Morgan fingerprint density at radius 2 is 2.00 bits per heavy atom. The molecule has 23 heavy (non-hydrogen) atoms. The Bertz CT molecular complexity index is 726. The van der Waals surface area contributed by atoms with Crippen LogP contribution < -0.4 is 0 Å². The van der Waals surface area contributed by atoms with Gasteiger partial charge in [0.1, 0.15) is 0 Å². The van der Waals surface area contributed by atoms with Crippen LogP contribution in [0.1, 0.15) is 47.1 Å². The molecule has 0 aliphatic carbocycles. The molecule has 0 amide bonds. The van der Waals surface area contributed by atoms with Gasteiger partial charge in [-0.15, -0.1) is 0 Å². The first-order chi connectivity index (χ1) is 11.0. The molecule has 1 aliphatic rings. The molecule has 1 saturated heterocycles. The average molecular weight is 311 g/mol. The van der Waals surface area contributed by atoms with Crippen LogP contribution in [0.4, 0.5) is 5.69 Å². The maximum absolute atomic E-state index is 11.0. The molecule has 2 aromatic rings. The Labute approximate surface area is 136 Å². The van der Waals surface area contributed by atoms with Crippen molar-refractivity contribution in [3.05, 3.63) is 74.8 Å². The fourth-order valence-corrected chi connectivity index (χ4v) is 3.35. The van der Waals surface area contributed by atoms with Gasteiger partial charge in [0.2, 0.25) is 0 Å². The van der Waals surface area contributed by atoms with Gasteiger partial charge in [-0.2, -0.15) is 0 Å². The van der Waals surface area contributed by atoms with Gasteiger partial charge in [0.05, 0.1) is 11.0 Å². The quantitative estimate of drug-likeness (QED) is 0.601. The Kier molecular flexibility index (Phi) is 4.44. The first kappa shape index (κ1) is 15.7. The van der Waals surface area contributed by atoms with E-state index >= 15 is 0 Å². The van der Waals surface area contributed by atoms with Crippen LogP contribution in [-0.2, 0) is 4.74 Å². The van der Waals surface area contributed by atoms with Gasteiger partial charge in [-0.25, -0.2) is 0 Å². The van der Waals surface area contributed by atoms with E-state index in [1.165, 1.54) is 22.8 Å². The minimum Gasteiger partial charge on any atom is -0.373 e. The lowest BCUT2D eigenvalue weighted by Gasteiger charge is -2.31. The van der Waals surface area contributed by atoms with Crippen LogP contribution in [0.2, 0.25) is 0 Å². The van der Waals surface area contributed by atoms with Crippen molar-refractivity contribution < 1.29 is 9.66 Å². The lowest BCUT2D eigenvalue weighted by Crippen LogP contribution is -2.19. The van der Waals surface area contributed by atoms with Gasteiger partial charge in [-0.1, -0.05) is 35.9 Å². The lowest BCUT2D eigenvalue weighted by atomic mass is 9.84. The number of rotatable bonds is 3. The molecule has 2 aromatic carbocycles. The molecule has 120 valence electrons. The van der Waals surface area contributed by atoms with Gasteiger partial charge in [-0.3, -0.25) is 10.1 Å². The zero-order valence-corrected chi connectivity index (χ0v) is 13.5. The molecule has 0 saturated carbocycles. The van der Waals surface area contributed by atoms with E-state index in [2.05, 4.69) is 32.0 Å². The fraction of sp³-hybridized carbons (Fsp3) is 0.368. The first-order valence-electron chi connectivity index (χ1n) is 7.97. The highest BCUT2D eigenvalue weighted by atomic mass is 16.6. The highest BCUT2D eigenvalue weighted by molar-refractivity contribution is 5.37. The third-order valence-corrected chi connectivity index (χ3v) is 4.61. The summed E-state index contributed by atoms with van der Waals surface area (Å²) in [6.45, 7) is 4.94. The number of nitro groups is 1. The van der Waals surface area contributed by atoms with Crippen molar-refractivity contribution in [2.75, 3.05) is 6.61 Å². The summed E-state index contributed by atoms with van der Waals surface area (Å²) in [7, 11) is 0. The van der Waals surface area contributed by atoms with Crippen LogP contribution in [-0.4, -0.2) is 11.5 Å². The number of hydrogen-bond acceptors (Lipinski definition) is 3. The van der Waals surface area contributed by atoms with Crippen LogP contribution in [0.3, 0.4) is 0 Å². The molecule has 0 bridgehead atoms. The zero-order chi connectivity index (χ0) is 16.4. The summed E-state index contributed by atoms with van der Waals surface area (Å²) in [6.07, 6.45) is 1.79. The third-order valence-electron chi connectivity index (χ3n) is 4.61. The molecule has 4 nitrogen and oxygen atoms in total. The van der Waals surface area contributed by atoms with Crippen molar-refractivity contribution in [3.8, 4) is 0 Å². The largest absolute Gasteiger partial charge is 0.373 e. The number of non-ortho nitro benzene ring substituents is 1.